The van der Waals surface area contributed by atoms with Crippen molar-refractivity contribution in [3.05, 3.63) is 0 Å². The lowest BCUT2D eigenvalue weighted by atomic mass is 9.86. The standard InChI is InChI=1S/C13H23N3O/c1-10(12(17)15-11-2-3-11)16-7-5-13(9-16)4-6-14-8-13/h10-11,14H,2-9H2,1H3,(H,15,17). The van der Waals surface area contributed by atoms with Gasteiger partial charge in [0.2, 0.25) is 5.91 Å². The summed E-state index contributed by atoms with van der Waals surface area (Å²) in [4.78, 5) is 14.4. The predicted molar refractivity (Wildman–Crippen MR) is 66.7 cm³/mol. The van der Waals surface area contributed by atoms with Crippen molar-refractivity contribution in [2.75, 3.05) is 26.2 Å². The summed E-state index contributed by atoms with van der Waals surface area (Å²) in [6.45, 7) is 6.52. The smallest absolute Gasteiger partial charge is 0.237 e. The summed E-state index contributed by atoms with van der Waals surface area (Å²) in [6.07, 6.45) is 4.88. The molecule has 0 bridgehead atoms. The van der Waals surface area contributed by atoms with Crippen molar-refractivity contribution in [2.45, 2.75) is 44.7 Å². The largest absolute Gasteiger partial charge is 0.352 e. The lowest BCUT2D eigenvalue weighted by Gasteiger charge is -2.26. The SMILES string of the molecule is CC(C(=O)NC1CC1)N1CCC2(CCNC2)C1. The van der Waals surface area contributed by atoms with E-state index in [0.717, 1.165) is 26.2 Å². The van der Waals surface area contributed by atoms with E-state index in [1.807, 2.05) is 0 Å². The second kappa shape index (κ2) is 4.25. The monoisotopic (exact) mass is 237 g/mol. The summed E-state index contributed by atoms with van der Waals surface area (Å²) >= 11 is 0. The van der Waals surface area contributed by atoms with E-state index in [9.17, 15) is 4.79 Å². The number of rotatable bonds is 3. The van der Waals surface area contributed by atoms with Crippen LogP contribution >= 0.6 is 0 Å². The number of hydrogen-bond acceptors (Lipinski definition) is 3. The van der Waals surface area contributed by atoms with Crippen LogP contribution in [0.4, 0.5) is 0 Å². The maximum absolute atomic E-state index is 12.0. The number of nitrogens with one attached hydrogen (secondary N) is 2. The van der Waals surface area contributed by atoms with Crippen LogP contribution in [0.3, 0.4) is 0 Å². The summed E-state index contributed by atoms with van der Waals surface area (Å²) in [5, 5.41) is 6.57. The average Bonchev–Trinajstić information content (AvgIpc) is 2.89. The van der Waals surface area contributed by atoms with Gasteiger partial charge in [-0.2, -0.15) is 0 Å². The number of nitrogens with zero attached hydrogens (tertiary/aromatic N) is 1. The van der Waals surface area contributed by atoms with Gasteiger partial charge in [-0.25, -0.2) is 0 Å². The van der Waals surface area contributed by atoms with Gasteiger partial charge in [0.05, 0.1) is 6.04 Å². The van der Waals surface area contributed by atoms with E-state index < -0.39 is 0 Å². The molecule has 1 saturated carbocycles. The van der Waals surface area contributed by atoms with Gasteiger partial charge in [0.1, 0.15) is 0 Å². The van der Waals surface area contributed by atoms with Gasteiger partial charge >= 0.3 is 0 Å². The molecule has 0 aromatic carbocycles. The number of carbonyl (C=O) groups excluding carboxylic acids is 1. The minimum Gasteiger partial charge on any atom is -0.352 e. The highest BCUT2D eigenvalue weighted by molar-refractivity contribution is 5.81. The van der Waals surface area contributed by atoms with Crippen molar-refractivity contribution in [3.8, 4) is 0 Å². The van der Waals surface area contributed by atoms with Gasteiger partial charge in [0.15, 0.2) is 0 Å². The second-order valence-corrected chi connectivity index (χ2v) is 6.11. The lowest BCUT2D eigenvalue weighted by molar-refractivity contribution is -0.125. The van der Waals surface area contributed by atoms with Crippen LogP contribution in [0.2, 0.25) is 0 Å². The highest BCUT2D eigenvalue weighted by Crippen LogP contribution is 2.36. The lowest BCUT2D eigenvalue weighted by Crippen LogP contribution is -2.45. The van der Waals surface area contributed by atoms with Crippen LogP contribution in [0, 0.1) is 5.41 Å². The van der Waals surface area contributed by atoms with Crippen molar-refractivity contribution < 1.29 is 4.79 Å². The molecule has 3 fully saturated rings. The maximum Gasteiger partial charge on any atom is 0.237 e. The van der Waals surface area contributed by atoms with Crippen LogP contribution in [0.15, 0.2) is 0 Å². The van der Waals surface area contributed by atoms with Gasteiger partial charge < -0.3 is 10.6 Å². The summed E-state index contributed by atoms with van der Waals surface area (Å²) in [6, 6.07) is 0.533. The normalized spacial score (nSPS) is 35.4. The summed E-state index contributed by atoms with van der Waals surface area (Å²) < 4.78 is 0. The zero-order valence-corrected chi connectivity index (χ0v) is 10.7. The first kappa shape index (κ1) is 11.5. The highest BCUT2D eigenvalue weighted by Gasteiger charge is 2.42. The Balaban J connectivity index is 1.55. The van der Waals surface area contributed by atoms with Gasteiger partial charge in [-0.05, 0) is 51.1 Å². The Kier molecular flexibility index (Phi) is 2.87. The fourth-order valence-corrected chi connectivity index (χ4v) is 3.16. The van der Waals surface area contributed by atoms with E-state index in [2.05, 4.69) is 22.5 Å². The molecular weight excluding hydrogens is 214 g/mol. The molecular formula is C13H23N3O. The van der Waals surface area contributed by atoms with Crippen LogP contribution < -0.4 is 10.6 Å². The molecule has 2 heterocycles. The molecule has 2 saturated heterocycles. The molecule has 1 amide bonds. The van der Waals surface area contributed by atoms with Crippen molar-refractivity contribution in [1.29, 1.82) is 0 Å². The van der Waals surface area contributed by atoms with Crippen LogP contribution in [0.25, 0.3) is 0 Å². The molecule has 4 nitrogen and oxygen atoms in total. The average molecular weight is 237 g/mol. The molecule has 0 aromatic heterocycles. The van der Waals surface area contributed by atoms with Gasteiger partial charge in [0, 0.05) is 19.1 Å². The third-order valence-corrected chi connectivity index (χ3v) is 4.65. The van der Waals surface area contributed by atoms with Gasteiger partial charge in [-0.1, -0.05) is 0 Å². The Bertz CT molecular complexity index is 308. The highest BCUT2D eigenvalue weighted by atomic mass is 16.2. The molecule has 0 aromatic rings. The van der Waals surface area contributed by atoms with Crippen molar-refractivity contribution >= 4 is 5.91 Å². The molecule has 96 valence electrons. The van der Waals surface area contributed by atoms with Crippen molar-refractivity contribution in [1.82, 2.24) is 15.5 Å². The third kappa shape index (κ3) is 2.33. The first-order valence-electron chi connectivity index (χ1n) is 6.94. The minimum atomic E-state index is 0.0515. The molecule has 3 aliphatic rings. The Morgan fingerprint density at radius 1 is 1.47 bits per heavy atom. The Labute approximate surface area is 103 Å². The summed E-state index contributed by atoms with van der Waals surface area (Å²) in [7, 11) is 0. The van der Waals surface area contributed by atoms with Gasteiger partial charge in [-0.15, -0.1) is 0 Å². The molecule has 1 aliphatic carbocycles. The molecule has 2 N–H and O–H groups in total. The van der Waals surface area contributed by atoms with E-state index in [0.29, 0.717) is 11.5 Å². The van der Waals surface area contributed by atoms with Crippen molar-refractivity contribution in [2.24, 2.45) is 5.41 Å². The van der Waals surface area contributed by atoms with E-state index >= 15 is 0 Å². The quantitative estimate of drug-likeness (QED) is 0.744. The maximum atomic E-state index is 12.0. The molecule has 1 spiro atoms. The summed E-state index contributed by atoms with van der Waals surface area (Å²) in [5.74, 6) is 0.232. The van der Waals surface area contributed by atoms with Crippen molar-refractivity contribution in [3.63, 3.8) is 0 Å². The fraction of sp³-hybridized carbons (Fsp3) is 0.923. The second-order valence-electron chi connectivity index (χ2n) is 6.11. The Hall–Kier alpha value is -0.610. The van der Waals surface area contributed by atoms with E-state index in [1.165, 1.54) is 25.7 Å². The molecule has 0 radical (unpaired) electrons. The zero-order chi connectivity index (χ0) is 11.9. The molecule has 2 atom stereocenters. The van der Waals surface area contributed by atoms with Crippen LogP contribution in [0.5, 0.6) is 0 Å². The molecule has 17 heavy (non-hydrogen) atoms. The van der Waals surface area contributed by atoms with E-state index in [-0.39, 0.29) is 11.9 Å². The number of hydrogen-bond donors (Lipinski definition) is 2. The van der Waals surface area contributed by atoms with E-state index in [4.69, 9.17) is 0 Å². The summed E-state index contributed by atoms with van der Waals surface area (Å²) in [5.41, 5.74) is 0.466. The topological polar surface area (TPSA) is 44.4 Å². The molecule has 4 heteroatoms. The van der Waals surface area contributed by atoms with Gasteiger partial charge in [0.25, 0.3) is 0 Å². The van der Waals surface area contributed by atoms with E-state index in [1.54, 1.807) is 0 Å². The van der Waals surface area contributed by atoms with Crippen LogP contribution in [-0.4, -0.2) is 49.1 Å². The molecule has 3 rings (SSSR count). The number of amides is 1. The Morgan fingerprint density at radius 3 is 2.94 bits per heavy atom. The first-order chi connectivity index (χ1) is 8.19. The number of carbonyl (C=O) groups is 1. The minimum absolute atomic E-state index is 0.0515. The zero-order valence-electron chi connectivity index (χ0n) is 10.7. The molecule has 2 aliphatic heterocycles. The predicted octanol–water partition coefficient (Wildman–Crippen LogP) is 0.339. The van der Waals surface area contributed by atoms with Gasteiger partial charge in [-0.3, -0.25) is 9.69 Å². The van der Waals surface area contributed by atoms with Crippen LogP contribution in [0.1, 0.15) is 32.6 Å². The first-order valence-corrected chi connectivity index (χ1v) is 6.94. The third-order valence-electron chi connectivity index (χ3n) is 4.65. The fourth-order valence-electron chi connectivity index (χ4n) is 3.16. The number of likely N-dealkylation sites (tertiary alicyclic amines) is 1. The Morgan fingerprint density at radius 2 is 2.29 bits per heavy atom. The molecule has 2 unspecified atom stereocenters. The van der Waals surface area contributed by atoms with Crippen LogP contribution in [-0.2, 0) is 4.79 Å².